The molecule has 3 rings (SSSR count). The Balaban J connectivity index is 2.15. The number of hydrogen-bond acceptors (Lipinski definition) is 4. The Labute approximate surface area is 144 Å². The largest absolute Gasteiger partial charge is 0.307 e. The van der Waals surface area contributed by atoms with Crippen molar-refractivity contribution in [1.29, 1.82) is 0 Å². The van der Waals surface area contributed by atoms with Crippen molar-refractivity contribution in [3.05, 3.63) is 60.2 Å². The molecule has 130 valence electrons. The van der Waals surface area contributed by atoms with Crippen molar-refractivity contribution in [2.45, 2.75) is 12.1 Å². The van der Waals surface area contributed by atoms with Crippen LogP contribution in [0.25, 0.3) is 5.52 Å². The standard InChI is InChI=1S/C17H16FN3O3S/c1-3-20(13-9-7-12(18)8-10-13)16(22)15-14-6-4-5-11-21(14)17(19-15)25(2,23)24/h4-11H,3H2,1-2H3. The number of anilines is 1. The molecule has 0 N–H and O–H groups in total. The summed E-state index contributed by atoms with van der Waals surface area (Å²) in [5, 5.41) is -0.193. The first kappa shape index (κ1) is 17.1. The summed E-state index contributed by atoms with van der Waals surface area (Å²) < 4.78 is 38.5. The average molecular weight is 361 g/mol. The predicted octanol–water partition coefficient (Wildman–Crippen LogP) is 2.54. The van der Waals surface area contributed by atoms with Gasteiger partial charge in [-0.2, -0.15) is 0 Å². The van der Waals surface area contributed by atoms with Crippen LogP contribution in [0.4, 0.5) is 10.1 Å². The Bertz CT molecular complexity index is 1040. The summed E-state index contributed by atoms with van der Waals surface area (Å²) in [6.07, 6.45) is 2.59. The molecule has 0 aliphatic carbocycles. The molecule has 1 amide bonds. The van der Waals surface area contributed by atoms with Gasteiger partial charge >= 0.3 is 0 Å². The van der Waals surface area contributed by atoms with Crippen LogP contribution in [0.1, 0.15) is 17.4 Å². The third-order valence-electron chi connectivity index (χ3n) is 3.75. The lowest BCUT2D eigenvalue weighted by Crippen LogP contribution is -2.31. The second-order valence-corrected chi connectivity index (χ2v) is 7.41. The van der Waals surface area contributed by atoms with Crippen molar-refractivity contribution in [1.82, 2.24) is 9.38 Å². The van der Waals surface area contributed by atoms with Crippen LogP contribution in [0.3, 0.4) is 0 Å². The van der Waals surface area contributed by atoms with Crippen LogP contribution >= 0.6 is 0 Å². The van der Waals surface area contributed by atoms with E-state index in [-0.39, 0.29) is 10.9 Å². The topological polar surface area (TPSA) is 71.8 Å². The fraction of sp³-hybridized carbons (Fsp3) is 0.176. The van der Waals surface area contributed by atoms with E-state index >= 15 is 0 Å². The van der Waals surface area contributed by atoms with Crippen LogP contribution in [0.15, 0.2) is 53.8 Å². The number of aromatic nitrogens is 2. The minimum atomic E-state index is -3.61. The Morgan fingerprint density at radius 1 is 1.20 bits per heavy atom. The molecule has 1 aromatic carbocycles. The first-order valence-electron chi connectivity index (χ1n) is 7.57. The molecule has 8 heteroatoms. The van der Waals surface area contributed by atoms with Crippen molar-refractivity contribution in [2.75, 3.05) is 17.7 Å². The zero-order valence-corrected chi connectivity index (χ0v) is 14.5. The zero-order valence-electron chi connectivity index (χ0n) is 13.7. The van der Waals surface area contributed by atoms with Crippen molar-refractivity contribution in [3.8, 4) is 0 Å². The quantitative estimate of drug-likeness (QED) is 0.716. The molecule has 0 bridgehead atoms. The van der Waals surface area contributed by atoms with Crippen LogP contribution < -0.4 is 4.90 Å². The summed E-state index contributed by atoms with van der Waals surface area (Å²) in [6, 6.07) is 10.5. The van der Waals surface area contributed by atoms with E-state index in [1.165, 1.54) is 33.6 Å². The molecule has 0 radical (unpaired) electrons. The molecule has 0 spiro atoms. The summed E-state index contributed by atoms with van der Waals surface area (Å²) in [5.74, 6) is -0.855. The number of pyridine rings is 1. The summed E-state index contributed by atoms with van der Waals surface area (Å²) in [5.41, 5.74) is 0.938. The number of imidazole rings is 1. The third kappa shape index (κ3) is 3.12. The average Bonchev–Trinajstić information content (AvgIpc) is 2.97. The molecular formula is C17H16FN3O3S. The molecule has 0 saturated heterocycles. The monoisotopic (exact) mass is 361 g/mol. The van der Waals surface area contributed by atoms with Crippen LogP contribution in [-0.2, 0) is 9.84 Å². The number of fused-ring (bicyclic) bond motifs is 1. The number of carbonyl (C=O) groups excluding carboxylic acids is 1. The maximum absolute atomic E-state index is 13.1. The molecule has 0 saturated carbocycles. The maximum atomic E-state index is 13.1. The van der Waals surface area contributed by atoms with Crippen LogP contribution in [0.5, 0.6) is 0 Å². The highest BCUT2D eigenvalue weighted by molar-refractivity contribution is 7.90. The van der Waals surface area contributed by atoms with Gasteiger partial charge in [-0.25, -0.2) is 17.8 Å². The van der Waals surface area contributed by atoms with Crippen molar-refractivity contribution >= 4 is 26.9 Å². The number of rotatable bonds is 4. The number of amides is 1. The lowest BCUT2D eigenvalue weighted by atomic mass is 10.2. The van der Waals surface area contributed by atoms with Gasteiger partial charge in [0.25, 0.3) is 5.91 Å². The van der Waals surface area contributed by atoms with Gasteiger partial charge in [0.1, 0.15) is 5.82 Å². The molecule has 0 atom stereocenters. The van der Waals surface area contributed by atoms with Gasteiger partial charge in [-0.15, -0.1) is 0 Å². The molecule has 2 heterocycles. The number of carbonyl (C=O) groups is 1. The molecule has 0 fully saturated rings. The van der Waals surface area contributed by atoms with E-state index in [0.717, 1.165) is 6.26 Å². The first-order valence-corrected chi connectivity index (χ1v) is 9.46. The molecular weight excluding hydrogens is 345 g/mol. The summed E-state index contributed by atoms with van der Waals surface area (Å²) in [7, 11) is -3.61. The fourth-order valence-corrected chi connectivity index (χ4v) is 3.39. The van der Waals surface area contributed by atoms with Crippen LogP contribution in [-0.4, -0.2) is 36.5 Å². The van der Waals surface area contributed by atoms with Crippen molar-refractivity contribution in [3.63, 3.8) is 0 Å². The fourth-order valence-electron chi connectivity index (χ4n) is 2.62. The Morgan fingerprint density at radius 3 is 2.48 bits per heavy atom. The molecule has 0 aliphatic heterocycles. The first-order chi connectivity index (χ1) is 11.8. The normalized spacial score (nSPS) is 11.6. The lowest BCUT2D eigenvalue weighted by Gasteiger charge is -2.20. The summed E-state index contributed by atoms with van der Waals surface area (Å²) in [4.78, 5) is 18.5. The van der Waals surface area contributed by atoms with E-state index in [1.54, 1.807) is 31.3 Å². The number of hydrogen-bond donors (Lipinski definition) is 0. The highest BCUT2D eigenvalue weighted by atomic mass is 32.2. The van der Waals surface area contributed by atoms with E-state index in [4.69, 9.17) is 0 Å². The maximum Gasteiger partial charge on any atom is 0.279 e. The number of sulfone groups is 1. The second-order valence-electron chi connectivity index (χ2n) is 5.50. The summed E-state index contributed by atoms with van der Waals surface area (Å²) >= 11 is 0. The van der Waals surface area contributed by atoms with E-state index in [2.05, 4.69) is 4.98 Å². The summed E-state index contributed by atoms with van der Waals surface area (Å²) in [6.45, 7) is 2.10. The number of nitrogens with zero attached hydrogens (tertiary/aromatic N) is 3. The molecule has 2 aromatic heterocycles. The van der Waals surface area contributed by atoms with E-state index in [0.29, 0.717) is 17.7 Å². The molecule has 3 aromatic rings. The molecule has 0 unspecified atom stereocenters. The van der Waals surface area contributed by atoms with Crippen molar-refractivity contribution < 1.29 is 17.6 Å². The van der Waals surface area contributed by atoms with Gasteiger partial charge in [-0.1, -0.05) is 6.07 Å². The minimum Gasteiger partial charge on any atom is -0.307 e. The third-order valence-corrected chi connectivity index (χ3v) is 4.70. The minimum absolute atomic E-state index is 0.0344. The molecule has 25 heavy (non-hydrogen) atoms. The van der Waals surface area contributed by atoms with Crippen LogP contribution in [0, 0.1) is 5.82 Å². The Kier molecular flexibility index (Phi) is 4.30. The van der Waals surface area contributed by atoms with Gasteiger partial charge in [-0.3, -0.25) is 9.20 Å². The molecule has 0 aliphatic rings. The number of halogens is 1. The van der Waals surface area contributed by atoms with Gasteiger partial charge < -0.3 is 4.90 Å². The van der Waals surface area contributed by atoms with E-state index in [9.17, 15) is 17.6 Å². The van der Waals surface area contributed by atoms with Gasteiger partial charge in [-0.05, 0) is 43.3 Å². The number of benzene rings is 1. The Morgan fingerprint density at radius 2 is 1.88 bits per heavy atom. The highest BCUT2D eigenvalue weighted by Crippen LogP contribution is 2.22. The predicted molar refractivity (Wildman–Crippen MR) is 92.1 cm³/mol. The SMILES string of the molecule is CCN(C(=O)c1nc(S(C)(=O)=O)n2ccccc12)c1ccc(F)cc1. The molecule has 6 nitrogen and oxygen atoms in total. The van der Waals surface area contributed by atoms with Gasteiger partial charge in [0.15, 0.2) is 5.69 Å². The van der Waals surface area contributed by atoms with Gasteiger partial charge in [0.05, 0.1) is 5.52 Å². The second kappa shape index (κ2) is 6.29. The lowest BCUT2D eigenvalue weighted by molar-refractivity contribution is 0.0985. The van der Waals surface area contributed by atoms with Crippen molar-refractivity contribution in [2.24, 2.45) is 0 Å². The van der Waals surface area contributed by atoms with E-state index < -0.39 is 21.6 Å². The highest BCUT2D eigenvalue weighted by Gasteiger charge is 2.26. The van der Waals surface area contributed by atoms with E-state index in [1.807, 2.05) is 0 Å². The van der Waals surface area contributed by atoms with Crippen LogP contribution in [0.2, 0.25) is 0 Å². The zero-order chi connectivity index (χ0) is 18.2. The Hall–Kier alpha value is -2.74. The van der Waals surface area contributed by atoms with Gasteiger partial charge in [0, 0.05) is 24.7 Å². The smallest absolute Gasteiger partial charge is 0.279 e. The van der Waals surface area contributed by atoms with Gasteiger partial charge in [0.2, 0.25) is 15.0 Å².